The number of carbonyl (C=O) groups is 4. The van der Waals surface area contributed by atoms with Crippen LogP contribution in [0.3, 0.4) is 0 Å². The maximum absolute atomic E-state index is 11.7. The Bertz CT molecular complexity index is 553. The molecule has 0 rings (SSSR count). The Balaban J connectivity index is 3.56. The highest BCUT2D eigenvalue weighted by molar-refractivity contribution is 5.87. The number of unbranched alkanes of at least 4 members (excludes halogenated alkanes) is 18. The molecule has 8 heteroatoms. The molecule has 0 heterocycles. The van der Waals surface area contributed by atoms with Crippen LogP contribution in [0.25, 0.3) is 0 Å². The molecule has 222 valence electrons. The van der Waals surface area contributed by atoms with E-state index in [-0.39, 0.29) is 13.2 Å². The standard InChI is InChI=1S/C30H54O8/c1-3-5-7-9-11-13-15-17-19-21-25-35-29(33)37-27(31)23-24-28(32)38-30(34)36-26-22-20-18-16-14-12-10-8-6-4-2/h3-26H2,1-2H3. The molecule has 0 aliphatic heterocycles. The predicted molar refractivity (Wildman–Crippen MR) is 148 cm³/mol. The van der Waals surface area contributed by atoms with Gasteiger partial charge in [0, 0.05) is 0 Å². The van der Waals surface area contributed by atoms with E-state index in [0.29, 0.717) is 12.8 Å². The molecular formula is C30H54O8. The van der Waals surface area contributed by atoms with Crippen LogP contribution < -0.4 is 0 Å². The normalized spacial score (nSPS) is 10.7. The fourth-order valence-electron chi connectivity index (χ4n) is 4.04. The van der Waals surface area contributed by atoms with E-state index in [4.69, 9.17) is 9.47 Å². The highest BCUT2D eigenvalue weighted by atomic mass is 16.7. The highest BCUT2D eigenvalue weighted by Crippen LogP contribution is 2.12. The lowest BCUT2D eigenvalue weighted by atomic mass is 10.1. The van der Waals surface area contributed by atoms with Gasteiger partial charge < -0.3 is 18.9 Å². The van der Waals surface area contributed by atoms with Crippen molar-refractivity contribution in [3.05, 3.63) is 0 Å². The van der Waals surface area contributed by atoms with E-state index in [0.717, 1.165) is 25.7 Å². The van der Waals surface area contributed by atoms with Gasteiger partial charge >= 0.3 is 24.2 Å². The smallest absolute Gasteiger partial charge is 0.434 e. The van der Waals surface area contributed by atoms with E-state index in [1.807, 2.05) is 0 Å². The summed E-state index contributed by atoms with van der Waals surface area (Å²) in [5, 5.41) is 0. The summed E-state index contributed by atoms with van der Waals surface area (Å²) < 4.78 is 18.8. The Kier molecular flexibility index (Phi) is 26.3. The van der Waals surface area contributed by atoms with Gasteiger partial charge in [-0.15, -0.1) is 0 Å². The van der Waals surface area contributed by atoms with Crippen LogP contribution in [0.1, 0.15) is 155 Å². The molecule has 0 aromatic rings. The number of rotatable bonds is 25. The van der Waals surface area contributed by atoms with E-state index in [1.165, 1.54) is 89.9 Å². The molecule has 0 aliphatic carbocycles. The minimum absolute atomic E-state index is 0.190. The molecule has 0 unspecified atom stereocenters. The summed E-state index contributed by atoms with van der Waals surface area (Å²) in [5.74, 6) is -1.82. The van der Waals surface area contributed by atoms with Crippen molar-refractivity contribution in [3.63, 3.8) is 0 Å². The largest absolute Gasteiger partial charge is 0.516 e. The topological polar surface area (TPSA) is 105 Å². The number of hydrogen-bond acceptors (Lipinski definition) is 8. The average molecular weight is 543 g/mol. The molecule has 0 aliphatic rings. The second-order valence-electron chi connectivity index (χ2n) is 10.0. The fraction of sp³-hybridized carbons (Fsp3) is 0.867. The Labute approximate surface area is 230 Å². The minimum atomic E-state index is -1.07. The summed E-state index contributed by atoms with van der Waals surface area (Å²) in [6.45, 7) is 4.81. The monoisotopic (exact) mass is 542 g/mol. The first-order valence-corrected chi connectivity index (χ1v) is 15.2. The first kappa shape index (κ1) is 35.9. The maximum Gasteiger partial charge on any atom is 0.516 e. The maximum atomic E-state index is 11.7. The number of ether oxygens (including phenoxy) is 4. The molecule has 0 aromatic heterocycles. The first-order valence-electron chi connectivity index (χ1n) is 15.2. The molecule has 0 fully saturated rings. The number of hydrogen-bond donors (Lipinski definition) is 0. The van der Waals surface area contributed by atoms with Gasteiger partial charge in [-0.1, -0.05) is 129 Å². The molecule has 0 atom stereocenters. The van der Waals surface area contributed by atoms with Crippen molar-refractivity contribution in [3.8, 4) is 0 Å². The Morgan fingerprint density at radius 3 is 0.947 bits per heavy atom. The van der Waals surface area contributed by atoms with E-state index in [9.17, 15) is 19.2 Å². The lowest BCUT2D eigenvalue weighted by Gasteiger charge is -2.06. The molecular weight excluding hydrogens is 488 g/mol. The van der Waals surface area contributed by atoms with Crippen LogP contribution in [0.4, 0.5) is 9.59 Å². The highest BCUT2D eigenvalue weighted by Gasteiger charge is 2.17. The van der Waals surface area contributed by atoms with Gasteiger partial charge in [-0.3, -0.25) is 9.59 Å². The SMILES string of the molecule is CCCCCCCCCCCCOC(=O)OC(=O)CCC(=O)OC(=O)OCCCCCCCCCCCC. The van der Waals surface area contributed by atoms with Crippen LogP contribution >= 0.6 is 0 Å². The number of esters is 2. The van der Waals surface area contributed by atoms with Crippen molar-refractivity contribution in [2.75, 3.05) is 13.2 Å². The molecule has 0 radical (unpaired) electrons. The van der Waals surface area contributed by atoms with Gasteiger partial charge in [-0.25, -0.2) is 9.59 Å². The lowest BCUT2D eigenvalue weighted by Crippen LogP contribution is -2.18. The van der Waals surface area contributed by atoms with Crippen molar-refractivity contribution in [2.24, 2.45) is 0 Å². The third kappa shape index (κ3) is 26.9. The van der Waals surface area contributed by atoms with Gasteiger partial charge in [0.15, 0.2) is 0 Å². The van der Waals surface area contributed by atoms with E-state index < -0.39 is 37.1 Å². The first-order chi connectivity index (χ1) is 18.5. The molecule has 0 bridgehead atoms. The van der Waals surface area contributed by atoms with Crippen molar-refractivity contribution in [2.45, 2.75) is 155 Å². The molecule has 0 aromatic carbocycles. The van der Waals surface area contributed by atoms with Crippen molar-refractivity contribution >= 4 is 24.2 Å². The van der Waals surface area contributed by atoms with Crippen LogP contribution in [-0.4, -0.2) is 37.5 Å². The van der Waals surface area contributed by atoms with Crippen LogP contribution in [0.5, 0.6) is 0 Å². The quantitative estimate of drug-likeness (QED) is 0.0639. The predicted octanol–water partition coefficient (Wildman–Crippen LogP) is 8.97. The molecule has 0 spiro atoms. The summed E-state index contributed by atoms with van der Waals surface area (Å²) in [4.78, 5) is 46.5. The molecule has 0 saturated carbocycles. The zero-order chi connectivity index (χ0) is 28.1. The Morgan fingerprint density at radius 2 is 0.658 bits per heavy atom. The van der Waals surface area contributed by atoms with Gasteiger partial charge in [0.05, 0.1) is 26.1 Å². The third-order valence-corrected chi connectivity index (χ3v) is 6.36. The Hall–Kier alpha value is -2.12. The summed E-state index contributed by atoms with van der Waals surface area (Å²) in [6, 6.07) is 0. The van der Waals surface area contributed by atoms with Gasteiger partial charge in [0.25, 0.3) is 0 Å². The zero-order valence-corrected chi connectivity index (χ0v) is 24.2. The van der Waals surface area contributed by atoms with Crippen molar-refractivity contribution in [1.29, 1.82) is 0 Å². The van der Waals surface area contributed by atoms with Crippen molar-refractivity contribution < 1.29 is 38.1 Å². The minimum Gasteiger partial charge on any atom is -0.434 e. The molecule has 0 amide bonds. The zero-order valence-electron chi connectivity index (χ0n) is 24.2. The van der Waals surface area contributed by atoms with E-state index in [2.05, 4.69) is 23.3 Å². The van der Waals surface area contributed by atoms with E-state index in [1.54, 1.807) is 0 Å². The fourth-order valence-corrected chi connectivity index (χ4v) is 4.04. The second-order valence-corrected chi connectivity index (χ2v) is 10.0. The van der Waals surface area contributed by atoms with Gasteiger partial charge in [-0.05, 0) is 12.8 Å². The summed E-state index contributed by atoms with van der Waals surface area (Å²) in [5.41, 5.74) is 0. The molecule has 0 saturated heterocycles. The van der Waals surface area contributed by atoms with Gasteiger partial charge in [0.1, 0.15) is 0 Å². The average Bonchev–Trinajstić information content (AvgIpc) is 2.89. The summed E-state index contributed by atoms with van der Waals surface area (Å²) in [7, 11) is 0. The summed E-state index contributed by atoms with van der Waals surface area (Å²) in [6.07, 6.45) is 20.4. The van der Waals surface area contributed by atoms with Crippen LogP contribution in [0.15, 0.2) is 0 Å². The second kappa shape index (κ2) is 27.9. The van der Waals surface area contributed by atoms with Crippen molar-refractivity contribution in [1.82, 2.24) is 0 Å². The van der Waals surface area contributed by atoms with Gasteiger partial charge in [0.2, 0.25) is 0 Å². The van der Waals surface area contributed by atoms with Crippen LogP contribution in [-0.2, 0) is 28.5 Å². The third-order valence-electron chi connectivity index (χ3n) is 6.36. The molecule has 8 nitrogen and oxygen atoms in total. The molecule has 0 N–H and O–H groups in total. The van der Waals surface area contributed by atoms with Crippen LogP contribution in [0, 0.1) is 0 Å². The Morgan fingerprint density at radius 1 is 0.395 bits per heavy atom. The lowest BCUT2D eigenvalue weighted by molar-refractivity contribution is -0.146. The number of carbonyl (C=O) groups excluding carboxylic acids is 4. The molecule has 38 heavy (non-hydrogen) atoms. The van der Waals surface area contributed by atoms with E-state index >= 15 is 0 Å². The van der Waals surface area contributed by atoms with Crippen LogP contribution in [0.2, 0.25) is 0 Å². The summed E-state index contributed by atoms with van der Waals surface area (Å²) >= 11 is 0. The van der Waals surface area contributed by atoms with Gasteiger partial charge in [-0.2, -0.15) is 0 Å².